The molecule has 0 saturated carbocycles. The standard InChI is InChI=1S/C18H21N3O5S/c1-13-16(14(2)26-19-13)27(23,24)20-9-8-18(11-20)12-25-17(22)21(18)10-15-6-4-3-5-7-15/h3-7H,8-12H2,1-2H3. The molecule has 2 fully saturated rings. The zero-order valence-corrected chi connectivity index (χ0v) is 16.0. The van der Waals surface area contributed by atoms with Gasteiger partial charge in [0.2, 0.25) is 4.90 Å². The average molecular weight is 391 g/mol. The van der Waals surface area contributed by atoms with Crippen LogP contribution in [-0.4, -0.2) is 50.2 Å². The molecule has 1 aromatic carbocycles. The first-order valence-corrected chi connectivity index (χ1v) is 10.2. The molecule has 2 saturated heterocycles. The topological polar surface area (TPSA) is 98.9 Å². The highest BCUT2D eigenvalue weighted by atomic mass is 32.3. The summed E-state index contributed by atoms with van der Waals surface area (Å²) in [6, 6.07) is 9.60. The summed E-state index contributed by atoms with van der Waals surface area (Å²) in [5.74, 6) is 0.272. The predicted molar refractivity (Wildman–Crippen MR) is 95.3 cm³/mol. The number of carbonyl (C=O) groups is 1. The Kier molecular flexibility index (Phi) is 4.32. The summed E-state index contributed by atoms with van der Waals surface area (Å²) in [4.78, 5) is 14.1. The van der Waals surface area contributed by atoms with Crippen molar-refractivity contribution in [3.05, 3.63) is 47.3 Å². The molecule has 4 rings (SSSR count). The first-order chi connectivity index (χ1) is 12.8. The number of amides is 1. The molecule has 2 atom stereocenters. The van der Waals surface area contributed by atoms with Crippen molar-refractivity contribution in [1.82, 2.24) is 14.4 Å². The molecule has 27 heavy (non-hydrogen) atoms. The number of sulfonamides is 1. The fourth-order valence-corrected chi connectivity index (χ4v) is 5.69. The Morgan fingerprint density at radius 3 is 2.70 bits per heavy atom. The second-order valence-corrected chi connectivity index (χ2v) is 8.97. The molecular weight excluding hydrogens is 370 g/mol. The smallest absolute Gasteiger partial charge is 0.410 e. The van der Waals surface area contributed by atoms with Crippen LogP contribution in [0.5, 0.6) is 0 Å². The highest BCUT2D eigenvalue weighted by Crippen LogP contribution is 2.39. The highest BCUT2D eigenvalue weighted by Gasteiger charge is 2.56. The van der Waals surface area contributed by atoms with E-state index in [9.17, 15) is 13.6 Å². The molecule has 9 heteroatoms. The third kappa shape index (κ3) is 2.95. The van der Waals surface area contributed by atoms with Crippen LogP contribution in [0.4, 0.5) is 4.79 Å². The van der Waals surface area contributed by atoms with Gasteiger partial charge in [0.15, 0.2) is 16.2 Å². The van der Waals surface area contributed by atoms with Crippen molar-refractivity contribution in [3.63, 3.8) is 0 Å². The zero-order chi connectivity index (χ0) is 19.2. The quantitative estimate of drug-likeness (QED) is 0.742. The van der Waals surface area contributed by atoms with E-state index in [1.54, 1.807) is 18.7 Å². The second-order valence-electron chi connectivity index (χ2n) is 7.09. The third-order valence-electron chi connectivity index (χ3n) is 5.30. The summed E-state index contributed by atoms with van der Waals surface area (Å²) in [5, 5.41) is 3.76. The van der Waals surface area contributed by atoms with Crippen LogP contribution < -0.4 is 0 Å². The molecule has 1 aromatic heterocycles. The lowest BCUT2D eigenvalue weighted by molar-refractivity contribution is 0.148. The molecule has 1 amide bonds. The van der Waals surface area contributed by atoms with Crippen LogP contribution in [0.3, 0.4) is 0 Å². The molecule has 8 nitrogen and oxygen atoms in total. The molecule has 0 N–H and O–H groups in total. The molecule has 3 heterocycles. The molecular formula is C18H21N3O5S. The Bertz CT molecular complexity index is 895. The maximum Gasteiger partial charge on any atom is 0.410 e. The van der Waals surface area contributed by atoms with Crippen LogP contribution >= 0.6 is 0 Å². The van der Waals surface area contributed by atoms with Crippen molar-refractivity contribution in [2.75, 3.05) is 19.7 Å². The van der Waals surface area contributed by atoms with Gasteiger partial charge >= 0.3 is 6.09 Å². The van der Waals surface area contributed by atoms with Crippen LogP contribution in [0.2, 0.25) is 0 Å². The minimum atomic E-state index is -3.75. The number of aromatic nitrogens is 1. The Balaban J connectivity index is 1.60. The molecule has 2 aliphatic rings. The molecule has 2 aliphatic heterocycles. The van der Waals surface area contributed by atoms with E-state index in [-0.39, 0.29) is 23.8 Å². The van der Waals surface area contributed by atoms with Gasteiger partial charge in [0.1, 0.15) is 12.3 Å². The molecule has 1 spiro atoms. The van der Waals surface area contributed by atoms with Gasteiger partial charge in [-0.05, 0) is 18.9 Å². The van der Waals surface area contributed by atoms with E-state index in [4.69, 9.17) is 9.26 Å². The SMILES string of the molecule is Cc1noc(C)c1[S+](=O)([O-])N1CCC2(COC(=O)N2Cc2ccccc2)C1. The van der Waals surface area contributed by atoms with Crippen molar-refractivity contribution in [2.24, 2.45) is 0 Å². The predicted octanol–water partition coefficient (Wildman–Crippen LogP) is 2.29. The third-order valence-corrected chi connectivity index (χ3v) is 7.39. The lowest BCUT2D eigenvalue weighted by Gasteiger charge is -2.32. The minimum absolute atomic E-state index is 0.111. The number of hydrogen-bond acceptors (Lipinski definition) is 6. The Morgan fingerprint density at radius 2 is 2.04 bits per heavy atom. The van der Waals surface area contributed by atoms with E-state index in [1.165, 1.54) is 4.31 Å². The van der Waals surface area contributed by atoms with Crippen molar-refractivity contribution >= 4 is 16.5 Å². The Hall–Kier alpha value is -2.23. The number of benzene rings is 1. The van der Waals surface area contributed by atoms with E-state index < -0.39 is 22.0 Å². The van der Waals surface area contributed by atoms with E-state index in [1.807, 2.05) is 30.3 Å². The number of ether oxygens (including phenoxy) is 1. The van der Waals surface area contributed by atoms with Gasteiger partial charge < -0.3 is 13.8 Å². The molecule has 2 aromatic rings. The maximum absolute atomic E-state index is 13.1. The summed E-state index contributed by atoms with van der Waals surface area (Å²) in [6.45, 7) is 4.28. The van der Waals surface area contributed by atoms with Gasteiger partial charge in [-0.3, -0.25) is 4.90 Å². The number of carbonyl (C=O) groups excluding carboxylic acids is 1. The van der Waals surface area contributed by atoms with Gasteiger partial charge in [-0.15, -0.1) is 4.31 Å². The summed E-state index contributed by atoms with van der Waals surface area (Å²) in [7, 11) is -3.75. The summed E-state index contributed by atoms with van der Waals surface area (Å²) in [6.07, 6.45) is 0.115. The van der Waals surface area contributed by atoms with Crippen LogP contribution in [0.25, 0.3) is 0 Å². The summed E-state index contributed by atoms with van der Waals surface area (Å²) < 4.78 is 38.0. The number of nitrogens with zero attached hydrogens (tertiary/aromatic N) is 3. The van der Waals surface area contributed by atoms with Crippen LogP contribution in [0.1, 0.15) is 23.4 Å². The van der Waals surface area contributed by atoms with Crippen LogP contribution in [0, 0.1) is 13.8 Å². The molecule has 144 valence electrons. The van der Waals surface area contributed by atoms with E-state index in [2.05, 4.69) is 5.16 Å². The number of cyclic esters (lactones) is 1. The average Bonchev–Trinajstić information content (AvgIpc) is 3.31. The van der Waals surface area contributed by atoms with Gasteiger partial charge in [0, 0.05) is 20.0 Å². The zero-order valence-electron chi connectivity index (χ0n) is 15.2. The van der Waals surface area contributed by atoms with Crippen molar-refractivity contribution in [3.8, 4) is 0 Å². The van der Waals surface area contributed by atoms with E-state index in [0.29, 0.717) is 25.2 Å². The Morgan fingerprint density at radius 1 is 1.30 bits per heavy atom. The number of rotatable bonds is 4. The van der Waals surface area contributed by atoms with Gasteiger partial charge in [-0.1, -0.05) is 39.7 Å². The van der Waals surface area contributed by atoms with Gasteiger partial charge in [-0.25, -0.2) is 4.79 Å². The van der Waals surface area contributed by atoms with Crippen molar-refractivity contribution in [2.45, 2.75) is 37.2 Å². The number of hydrogen-bond donors (Lipinski definition) is 0. The number of aryl methyl sites for hydroxylation is 2. The minimum Gasteiger partial charge on any atom is -0.593 e. The lowest BCUT2D eigenvalue weighted by Crippen LogP contribution is -2.50. The fraction of sp³-hybridized carbons (Fsp3) is 0.444. The summed E-state index contributed by atoms with van der Waals surface area (Å²) >= 11 is 0. The normalized spacial score (nSPS) is 25.1. The molecule has 2 unspecified atom stereocenters. The largest absolute Gasteiger partial charge is 0.593 e. The van der Waals surface area contributed by atoms with Crippen molar-refractivity contribution < 1.29 is 22.8 Å². The van der Waals surface area contributed by atoms with Gasteiger partial charge in [0.25, 0.3) is 0 Å². The molecule has 0 bridgehead atoms. The Labute approximate surface area is 158 Å². The molecule has 0 radical (unpaired) electrons. The van der Waals surface area contributed by atoms with Crippen molar-refractivity contribution in [1.29, 1.82) is 0 Å². The first kappa shape index (κ1) is 18.1. The van der Waals surface area contributed by atoms with Crippen LogP contribution in [0.15, 0.2) is 39.8 Å². The monoisotopic (exact) mass is 391 g/mol. The van der Waals surface area contributed by atoms with Crippen LogP contribution in [-0.2, 0) is 25.9 Å². The molecule has 0 aliphatic carbocycles. The van der Waals surface area contributed by atoms with E-state index in [0.717, 1.165) is 5.56 Å². The summed E-state index contributed by atoms with van der Waals surface area (Å²) in [5.41, 5.74) is 0.662. The lowest BCUT2D eigenvalue weighted by atomic mass is 9.98. The first-order valence-electron chi connectivity index (χ1n) is 8.75. The maximum atomic E-state index is 13.1. The fourth-order valence-electron chi connectivity index (χ4n) is 3.88. The van der Waals surface area contributed by atoms with Gasteiger partial charge in [-0.2, -0.15) is 0 Å². The highest BCUT2D eigenvalue weighted by molar-refractivity contribution is 7.95. The second kappa shape index (κ2) is 6.43. The van der Waals surface area contributed by atoms with E-state index >= 15 is 0 Å². The van der Waals surface area contributed by atoms with Gasteiger partial charge in [0.05, 0.1) is 12.1 Å².